The van der Waals surface area contributed by atoms with Crippen LogP contribution in [0.3, 0.4) is 0 Å². The first kappa shape index (κ1) is 7.62. The van der Waals surface area contributed by atoms with Crippen molar-refractivity contribution < 1.29 is 5.11 Å². The Labute approximate surface area is 78.8 Å². The molecule has 0 atom stereocenters. The molecular formula is C10H7BrO. The first-order valence-corrected chi connectivity index (χ1v) is 4.44. The third kappa shape index (κ3) is 1.08. The predicted octanol–water partition coefficient (Wildman–Crippen LogP) is 3.31. The van der Waals surface area contributed by atoms with E-state index in [2.05, 4.69) is 15.9 Å². The number of phenols is 1. The monoisotopic (exact) mass is 222 g/mol. The zero-order valence-corrected chi connectivity index (χ0v) is 7.88. The molecule has 0 heterocycles. The van der Waals surface area contributed by atoms with Crippen molar-refractivity contribution in [2.45, 2.75) is 0 Å². The third-order valence-electron chi connectivity index (χ3n) is 1.85. The van der Waals surface area contributed by atoms with E-state index in [-0.39, 0.29) is 0 Å². The van der Waals surface area contributed by atoms with Crippen LogP contribution in [0.2, 0.25) is 0 Å². The number of hydrogen-bond donors (Lipinski definition) is 1. The second-order valence-corrected chi connectivity index (χ2v) is 3.47. The van der Waals surface area contributed by atoms with Gasteiger partial charge < -0.3 is 5.11 Å². The molecule has 2 rings (SSSR count). The predicted molar refractivity (Wildman–Crippen MR) is 53.3 cm³/mol. The number of aromatic hydroxyl groups is 1. The van der Waals surface area contributed by atoms with Crippen molar-refractivity contribution in [2.75, 3.05) is 0 Å². The summed E-state index contributed by atoms with van der Waals surface area (Å²) in [6.07, 6.45) is 0. The van der Waals surface area contributed by atoms with Gasteiger partial charge in [0.25, 0.3) is 0 Å². The molecule has 2 aromatic rings. The van der Waals surface area contributed by atoms with Gasteiger partial charge in [0.05, 0.1) is 4.47 Å². The normalized spacial score (nSPS) is 10.4. The number of fused-ring (bicyclic) bond motifs is 1. The van der Waals surface area contributed by atoms with Gasteiger partial charge in [0.2, 0.25) is 0 Å². The Balaban J connectivity index is 2.91. The Morgan fingerprint density at radius 1 is 1.00 bits per heavy atom. The lowest BCUT2D eigenvalue weighted by Gasteiger charge is -2.01. The molecule has 0 bridgehead atoms. The minimum Gasteiger partial charge on any atom is -0.506 e. The average molecular weight is 223 g/mol. The summed E-state index contributed by atoms with van der Waals surface area (Å²) >= 11 is 3.27. The maximum absolute atomic E-state index is 9.61. The average Bonchev–Trinajstić information content (AvgIpc) is 2.12. The second-order valence-electron chi connectivity index (χ2n) is 2.62. The maximum atomic E-state index is 9.61. The van der Waals surface area contributed by atoms with Gasteiger partial charge in [-0.2, -0.15) is 0 Å². The summed E-state index contributed by atoms with van der Waals surface area (Å²) in [7, 11) is 0. The van der Waals surface area contributed by atoms with Gasteiger partial charge in [0.1, 0.15) is 5.75 Å². The molecule has 60 valence electrons. The van der Waals surface area contributed by atoms with Crippen LogP contribution < -0.4 is 0 Å². The zero-order chi connectivity index (χ0) is 8.55. The largest absolute Gasteiger partial charge is 0.506 e. The van der Waals surface area contributed by atoms with Crippen LogP contribution >= 0.6 is 15.9 Å². The molecule has 0 saturated heterocycles. The molecular weight excluding hydrogens is 216 g/mol. The lowest BCUT2D eigenvalue weighted by atomic mass is 10.1. The topological polar surface area (TPSA) is 20.2 Å². The Bertz CT molecular complexity index is 423. The molecule has 0 aliphatic rings. The molecule has 0 aromatic heterocycles. The first-order valence-electron chi connectivity index (χ1n) is 3.65. The van der Waals surface area contributed by atoms with Gasteiger partial charge in [-0.05, 0) is 27.4 Å². The molecule has 0 aliphatic heterocycles. The number of benzene rings is 2. The van der Waals surface area contributed by atoms with E-state index in [0.29, 0.717) is 5.75 Å². The van der Waals surface area contributed by atoms with E-state index < -0.39 is 0 Å². The molecule has 0 fully saturated rings. The standard InChI is InChI=1S/C10H7BrO/c11-9-6-5-7-3-1-2-4-8(7)10(9)12/h1-6,12H. The smallest absolute Gasteiger partial charge is 0.137 e. The zero-order valence-electron chi connectivity index (χ0n) is 6.29. The van der Waals surface area contributed by atoms with E-state index in [9.17, 15) is 5.11 Å². The Morgan fingerprint density at radius 3 is 2.58 bits per heavy atom. The lowest BCUT2D eigenvalue weighted by molar-refractivity contribution is 0.478. The van der Waals surface area contributed by atoms with Crippen molar-refractivity contribution in [1.29, 1.82) is 0 Å². The molecule has 0 aliphatic carbocycles. The third-order valence-corrected chi connectivity index (χ3v) is 2.49. The summed E-state index contributed by atoms with van der Waals surface area (Å²) in [4.78, 5) is 0. The van der Waals surface area contributed by atoms with Gasteiger partial charge in [0, 0.05) is 5.39 Å². The molecule has 0 radical (unpaired) electrons. The van der Waals surface area contributed by atoms with Crippen molar-refractivity contribution in [3.63, 3.8) is 0 Å². The van der Waals surface area contributed by atoms with Crippen LogP contribution in [0, 0.1) is 0 Å². The molecule has 12 heavy (non-hydrogen) atoms. The van der Waals surface area contributed by atoms with E-state index in [1.165, 1.54) is 0 Å². The van der Waals surface area contributed by atoms with Gasteiger partial charge in [-0.3, -0.25) is 0 Å². The minimum absolute atomic E-state index is 0.313. The number of phenolic OH excluding ortho intramolecular Hbond substituents is 1. The molecule has 0 saturated carbocycles. The number of rotatable bonds is 0. The van der Waals surface area contributed by atoms with E-state index in [0.717, 1.165) is 15.2 Å². The fraction of sp³-hybridized carbons (Fsp3) is 0. The van der Waals surface area contributed by atoms with Gasteiger partial charge in [-0.25, -0.2) is 0 Å². The van der Waals surface area contributed by atoms with E-state index in [4.69, 9.17) is 0 Å². The summed E-state index contributed by atoms with van der Waals surface area (Å²) in [6.45, 7) is 0. The maximum Gasteiger partial charge on any atom is 0.137 e. The molecule has 2 heteroatoms. The number of halogens is 1. The molecule has 2 aromatic carbocycles. The highest BCUT2D eigenvalue weighted by molar-refractivity contribution is 9.10. The Kier molecular flexibility index (Phi) is 1.77. The molecule has 1 nitrogen and oxygen atoms in total. The van der Waals surface area contributed by atoms with Crippen molar-refractivity contribution in [1.82, 2.24) is 0 Å². The quantitative estimate of drug-likeness (QED) is 0.726. The van der Waals surface area contributed by atoms with E-state index in [1.54, 1.807) is 0 Å². The molecule has 0 unspecified atom stereocenters. The minimum atomic E-state index is 0.313. The van der Waals surface area contributed by atoms with E-state index in [1.807, 2.05) is 36.4 Å². The first-order chi connectivity index (χ1) is 5.79. The van der Waals surface area contributed by atoms with Crippen LogP contribution in [-0.4, -0.2) is 5.11 Å². The van der Waals surface area contributed by atoms with Crippen molar-refractivity contribution in [3.05, 3.63) is 40.9 Å². The number of hydrogen-bond acceptors (Lipinski definition) is 1. The summed E-state index contributed by atoms with van der Waals surface area (Å²) in [6, 6.07) is 11.6. The summed E-state index contributed by atoms with van der Waals surface area (Å²) in [5.74, 6) is 0.313. The fourth-order valence-electron chi connectivity index (χ4n) is 1.23. The molecule has 0 spiro atoms. The van der Waals surface area contributed by atoms with Crippen LogP contribution in [0.5, 0.6) is 5.75 Å². The highest BCUT2D eigenvalue weighted by Gasteiger charge is 2.01. The van der Waals surface area contributed by atoms with Gasteiger partial charge in [-0.15, -0.1) is 0 Å². The van der Waals surface area contributed by atoms with E-state index >= 15 is 0 Å². The van der Waals surface area contributed by atoms with Gasteiger partial charge in [-0.1, -0.05) is 30.3 Å². The molecule has 0 amide bonds. The summed E-state index contributed by atoms with van der Waals surface area (Å²) in [5, 5.41) is 11.5. The van der Waals surface area contributed by atoms with Crippen LogP contribution in [0.25, 0.3) is 10.8 Å². The fourth-order valence-corrected chi connectivity index (χ4v) is 1.57. The summed E-state index contributed by atoms with van der Waals surface area (Å²) < 4.78 is 0.737. The van der Waals surface area contributed by atoms with Gasteiger partial charge in [0.15, 0.2) is 0 Å². The Hall–Kier alpha value is -1.02. The van der Waals surface area contributed by atoms with Crippen LogP contribution in [0.1, 0.15) is 0 Å². The van der Waals surface area contributed by atoms with Crippen LogP contribution in [0.15, 0.2) is 40.9 Å². The lowest BCUT2D eigenvalue weighted by Crippen LogP contribution is -1.74. The van der Waals surface area contributed by atoms with Crippen molar-refractivity contribution in [3.8, 4) is 5.75 Å². The van der Waals surface area contributed by atoms with Crippen molar-refractivity contribution >= 4 is 26.7 Å². The van der Waals surface area contributed by atoms with Gasteiger partial charge >= 0.3 is 0 Å². The highest BCUT2D eigenvalue weighted by atomic mass is 79.9. The van der Waals surface area contributed by atoms with Crippen molar-refractivity contribution in [2.24, 2.45) is 0 Å². The van der Waals surface area contributed by atoms with Crippen LogP contribution in [0.4, 0.5) is 0 Å². The highest BCUT2D eigenvalue weighted by Crippen LogP contribution is 2.31. The molecule has 1 N–H and O–H groups in total. The second kappa shape index (κ2) is 2.79. The Morgan fingerprint density at radius 2 is 1.75 bits per heavy atom. The van der Waals surface area contributed by atoms with Crippen LogP contribution in [-0.2, 0) is 0 Å². The SMILES string of the molecule is Oc1c(Br)ccc2ccccc12. The summed E-state index contributed by atoms with van der Waals surface area (Å²) in [5.41, 5.74) is 0.